The van der Waals surface area contributed by atoms with Crippen LogP contribution in [-0.4, -0.2) is 51.9 Å². The first-order chi connectivity index (χ1) is 17.6. The summed E-state index contributed by atoms with van der Waals surface area (Å²) in [5, 5.41) is 23.6. The lowest BCUT2D eigenvalue weighted by molar-refractivity contribution is -0.118. The molecule has 1 aromatic heterocycles. The highest BCUT2D eigenvalue weighted by Crippen LogP contribution is 2.30. The molecule has 196 valence electrons. The molecule has 8 nitrogen and oxygen atoms in total. The van der Waals surface area contributed by atoms with Gasteiger partial charge in [-0.3, -0.25) is 14.3 Å². The van der Waals surface area contributed by atoms with Gasteiger partial charge in [0.1, 0.15) is 5.82 Å². The van der Waals surface area contributed by atoms with Gasteiger partial charge in [-0.1, -0.05) is 51.1 Å². The van der Waals surface area contributed by atoms with E-state index in [9.17, 15) is 14.0 Å². The molecule has 1 aliphatic rings. The fraction of sp³-hybridized carbons (Fsp3) is 0.393. The number of amides is 2. The van der Waals surface area contributed by atoms with Crippen molar-refractivity contribution in [1.29, 1.82) is 0 Å². The molecule has 4 N–H and O–H groups in total. The van der Waals surface area contributed by atoms with E-state index in [0.29, 0.717) is 24.4 Å². The maximum atomic E-state index is 13.6. The molecule has 1 aliphatic heterocycles. The number of hydrogen-bond donors (Lipinski definition) is 4. The minimum Gasteiger partial charge on any atom is -0.395 e. The maximum Gasteiger partial charge on any atom is 0.272 e. The molecule has 1 unspecified atom stereocenters. The van der Waals surface area contributed by atoms with Crippen LogP contribution in [0.1, 0.15) is 50.2 Å². The first-order valence-corrected chi connectivity index (χ1v) is 12.4. The molecule has 2 amide bonds. The zero-order valence-electron chi connectivity index (χ0n) is 21.6. The number of aromatic nitrogens is 2. The summed E-state index contributed by atoms with van der Waals surface area (Å²) >= 11 is 0. The number of carbonyl (C=O) groups is 2. The Morgan fingerprint density at radius 3 is 2.54 bits per heavy atom. The first kappa shape index (κ1) is 26.3. The van der Waals surface area contributed by atoms with Gasteiger partial charge in [0.2, 0.25) is 0 Å². The zero-order chi connectivity index (χ0) is 26.7. The van der Waals surface area contributed by atoms with Gasteiger partial charge < -0.3 is 21.1 Å². The molecule has 9 heteroatoms. The van der Waals surface area contributed by atoms with Crippen LogP contribution in [0.15, 0.2) is 59.8 Å². The second-order valence-electron chi connectivity index (χ2n) is 10.6. The quantitative estimate of drug-likeness (QED) is 0.375. The molecular weight excluding hydrogens is 473 g/mol. The zero-order valence-corrected chi connectivity index (χ0v) is 21.6. The van der Waals surface area contributed by atoms with E-state index in [1.54, 1.807) is 16.8 Å². The number of carbonyl (C=O) groups excluding carboxylic acids is 2. The van der Waals surface area contributed by atoms with Gasteiger partial charge in [0.15, 0.2) is 5.69 Å². The van der Waals surface area contributed by atoms with E-state index in [1.807, 2.05) is 52.0 Å². The Labute approximate surface area is 215 Å². The van der Waals surface area contributed by atoms with Crippen molar-refractivity contribution in [3.8, 4) is 0 Å². The standard InChI is InChI=1S/C28H34FN5O3/c1-17-15-21(31-23(17)26(36)30-13-14-35)25(28(2,3)4)32-27(37)24-20-7-5-6-8-22(20)34(33-24)16-18-9-11-19(29)12-10-18/h5-12,21,25,31,35H,13-16H2,1-4H3,(H,30,36)(H,32,37)/t21-,25?/m1/s1. The van der Waals surface area contributed by atoms with Gasteiger partial charge >= 0.3 is 0 Å². The molecule has 0 aliphatic carbocycles. The first-order valence-electron chi connectivity index (χ1n) is 12.4. The van der Waals surface area contributed by atoms with Crippen molar-refractivity contribution in [3.63, 3.8) is 0 Å². The summed E-state index contributed by atoms with van der Waals surface area (Å²) in [7, 11) is 0. The van der Waals surface area contributed by atoms with Crippen molar-refractivity contribution in [1.82, 2.24) is 25.7 Å². The minimum absolute atomic E-state index is 0.135. The summed E-state index contributed by atoms with van der Waals surface area (Å²) in [5.41, 5.74) is 3.06. The number of halogens is 1. The van der Waals surface area contributed by atoms with Crippen LogP contribution in [0, 0.1) is 11.2 Å². The highest BCUT2D eigenvalue weighted by atomic mass is 19.1. The number of nitrogens with zero attached hydrogens (tertiary/aromatic N) is 2. The molecule has 2 aromatic carbocycles. The Kier molecular flexibility index (Phi) is 7.63. The summed E-state index contributed by atoms with van der Waals surface area (Å²) < 4.78 is 15.1. The van der Waals surface area contributed by atoms with Crippen LogP contribution in [-0.2, 0) is 11.3 Å². The van der Waals surface area contributed by atoms with Crippen LogP contribution in [0.2, 0.25) is 0 Å². The lowest BCUT2D eigenvalue weighted by Gasteiger charge is -2.36. The SMILES string of the molecule is CC1=C(C(=O)NCCO)N[C@@H](C(NC(=O)c2nn(Cc3ccc(F)cc3)c3ccccc23)C(C)(C)C)C1. The van der Waals surface area contributed by atoms with Crippen LogP contribution in [0.4, 0.5) is 4.39 Å². The third-order valence-electron chi connectivity index (χ3n) is 6.65. The summed E-state index contributed by atoms with van der Waals surface area (Å²) in [6.07, 6.45) is 0.601. The van der Waals surface area contributed by atoms with Crippen molar-refractivity contribution in [2.75, 3.05) is 13.2 Å². The van der Waals surface area contributed by atoms with E-state index in [1.165, 1.54) is 12.1 Å². The van der Waals surface area contributed by atoms with Crippen molar-refractivity contribution in [2.45, 2.75) is 52.7 Å². The maximum absolute atomic E-state index is 13.6. The third-order valence-corrected chi connectivity index (χ3v) is 6.65. The van der Waals surface area contributed by atoms with Gasteiger partial charge in [-0.2, -0.15) is 5.10 Å². The predicted octanol–water partition coefficient (Wildman–Crippen LogP) is 3.11. The Morgan fingerprint density at radius 2 is 1.86 bits per heavy atom. The van der Waals surface area contributed by atoms with Crippen LogP contribution in [0.3, 0.4) is 0 Å². The smallest absolute Gasteiger partial charge is 0.272 e. The number of fused-ring (bicyclic) bond motifs is 1. The van der Waals surface area contributed by atoms with Gasteiger partial charge in [0, 0.05) is 11.9 Å². The number of aliphatic hydroxyl groups is 1. The van der Waals surface area contributed by atoms with E-state index in [2.05, 4.69) is 21.0 Å². The Morgan fingerprint density at radius 1 is 1.16 bits per heavy atom. The molecule has 3 aromatic rings. The summed E-state index contributed by atoms with van der Waals surface area (Å²) in [6, 6.07) is 13.3. The fourth-order valence-corrected chi connectivity index (χ4v) is 4.82. The number of hydrogen-bond acceptors (Lipinski definition) is 5. The van der Waals surface area contributed by atoms with Gasteiger partial charge in [-0.05, 0) is 48.1 Å². The molecule has 37 heavy (non-hydrogen) atoms. The molecule has 0 fully saturated rings. The van der Waals surface area contributed by atoms with Crippen molar-refractivity contribution >= 4 is 22.7 Å². The predicted molar refractivity (Wildman–Crippen MR) is 140 cm³/mol. The van der Waals surface area contributed by atoms with E-state index >= 15 is 0 Å². The average molecular weight is 508 g/mol. The summed E-state index contributed by atoms with van der Waals surface area (Å²) in [6.45, 7) is 8.47. The number of nitrogens with one attached hydrogen (secondary N) is 3. The second kappa shape index (κ2) is 10.7. The number of aliphatic hydroxyl groups excluding tert-OH is 1. The minimum atomic E-state index is -0.322. The van der Waals surface area contributed by atoms with E-state index in [4.69, 9.17) is 5.11 Å². The monoisotopic (exact) mass is 507 g/mol. The fourth-order valence-electron chi connectivity index (χ4n) is 4.82. The largest absolute Gasteiger partial charge is 0.395 e. The second-order valence-corrected chi connectivity index (χ2v) is 10.6. The Bertz CT molecular complexity index is 1320. The lowest BCUT2D eigenvalue weighted by atomic mass is 9.81. The summed E-state index contributed by atoms with van der Waals surface area (Å²) in [5.74, 6) is -0.869. The van der Waals surface area contributed by atoms with Gasteiger partial charge in [0.25, 0.3) is 11.8 Å². The van der Waals surface area contributed by atoms with Crippen LogP contribution in [0.25, 0.3) is 10.9 Å². The highest BCUT2D eigenvalue weighted by molar-refractivity contribution is 6.05. The summed E-state index contributed by atoms with van der Waals surface area (Å²) in [4.78, 5) is 26.2. The van der Waals surface area contributed by atoms with Crippen molar-refractivity contribution < 1.29 is 19.1 Å². The molecule has 2 heterocycles. The van der Waals surface area contributed by atoms with Gasteiger partial charge in [-0.15, -0.1) is 0 Å². The van der Waals surface area contributed by atoms with Crippen molar-refractivity contribution in [3.05, 3.63) is 76.9 Å². The van der Waals surface area contributed by atoms with Crippen LogP contribution in [0.5, 0.6) is 0 Å². The van der Waals surface area contributed by atoms with E-state index < -0.39 is 0 Å². The molecule has 2 atom stereocenters. The van der Waals surface area contributed by atoms with Gasteiger partial charge in [0.05, 0.1) is 36.4 Å². The van der Waals surface area contributed by atoms with Crippen LogP contribution >= 0.6 is 0 Å². The Balaban J connectivity index is 1.58. The van der Waals surface area contributed by atoms with E-state index in [-0.39, 0.29) is 48.3 Å². The molecule has 0 saturated heterocycles. The molecule has 0 radical (unpaired) electrons. The Hall–Kier alpha value is -3.72. The average Bonchev–Trinajstić information content (AvgIpc) is 3.42. The normalized spacial score (nSPS) is 16.5. The lowest BCUT2D eigenvalue weighted by Crippen LogP contribution is -2.55. The number of benzene rings is 2. The molecule has 0 spiro atoms. The van der Waals surface area contributed by atoms with Crippen molar-refractivity contribution in [2.24, 2.45) is 5.41 Å². The molecular formula is C28H34FN5O3. The third kappa shape index (κ3) is 5.83. The molecule has 4 rings (SSSR count). The topological polar surface area (TPSA) is 108 Å². The van der Waals surface area contributed by atoms with Crippen LogP contribution < -0.4 is 16.0 Å². The highest BCUT2D eigenvalue weighted by Gasteiger charge is 2.39. The molecule has 0 saturated carbocycles. The number of para-hydroxylation sites is 1. The van der Waals surface area contributed by atoms with Gasteiger partial charge in [-0.25, -0.2) is 4.39 Å². The number of rotatable bonds is 8. The molecule has 0 bridgehead atoms. The van der Waals surface area contributed by atoms with E-state index in [0.717, 1.165) is 22.0 Å².